The number of nitrogens with one attached hydrogen (secondary N) is 1. The molecule has 0 amide bonds. The predicted molar refractivity (Wildman–Crippen MR) is 120 cm³/mol. The van der Waals surface area contributed by atoms with Crippen molar-refractivity contribution in [1.29, 1.82) is 0 Å². The van der Waals surface area contributed by atoms with E-state index in [0.717, 1.165) is 58.1 Å². The van der Waals surface area contributed by atoms with Gasteiger partial charge in [-0.25, -0.2) is 0 Å². The van der Waals surface area contributed by atoms with E-state index < -0.39 is 0 Å². The van der Waals surface area contributed by atoms with E-state index in [2.05, 4.69) is 60.2 Å². The van der Waals surface area contributed by atoms with E-state index in [-0.39, 0.29) is 5.41 Å². The summed E-state index contributed by atoms with van der Waals surface area (Å²) >= 11 is 0. The van der Waals surface area contributed by atoms with Crippen molar-refractivity contribution in [3.05, 3.63) is 35.4 Å². The van der Waals surface area contributed by atoms with Crippen LogP contribution < -0.4 is 5.32 Å². The molecule has 0 bridgehead atoms. The van der Waals surface area contributed by atoms with E-state index in [0.29, 0.717) is 12.2 Å². The second kappa shape index (κ2) is 10.4. The zero-order valence-corrected chi connectivity index (χ0v) is 18.7. The Bertz CT molecular complexity index is 643. The molecule has 5 heteroatoms. The summed E-state index contributed by atoms with van der Waals surface area (Å²) in [5.74, 6) is 0.999. The second-order valence-corrected chi connectivity index (χ2v) is 9.16. The topological polar surface area (TPSA) is 46.1 Å². The maximum atomic E-state index is 6.15. The molecule has 2 aliphatic heterocycles. The fourth-order valence-corrected chi connectivity index (χ4v) is 4.16. The van der Waals surface area contributed by atoms with Gasteiger partial charge in [-0.1, -0.05) is 43.7 Å². The van der Waals surface area contributed by atoms with Crippen LogP contribution in [0.2, 0.25) is 0 Å². The number of aliphatic imine (C=N–C) groups is 1. The smallest absolute Gasteiger partial charge is 0.193 e. The number of piperidine rings is 1. The van der Waals surface area contributed by atoms with E-state index in [1.165, 1.54) is 24.0 Å². The zero-order chi connectivity index (χ0) is 20.7. The molecule has 1 unspecified atom stereocenters. The molecular weight excluding hydrogens is 362 g/mol. The summed E-state index contributed by atoms with van der Waals surface area (Å²) in [4.78, 5) is 6.90. The Hall–Kier alpha value is -1.59. The lowest BCUT2D eigenvalue weighted by atomic mass is 9.84. The van der Waals surface area contributed by atoms with E-state index in [4.69, 9.17) is 9.47 Å². The van der Waals surface area contributed by atoms with Gasteiger partial charge in [0.2, 0.25) is 0 Å². The molecule has 29 heavy (non-hydrogen) atoms. The molecule has 0 spiro atoms. The highest BCUT2D eigenvalue weighted by Gasteiger charge is 2.26. The molecular formula is C24H39N3O2. The first-order valence-corrected chi connectivity index (χ1v) is 11.2. The van der Waals surface area contributed by atoms with Gasteiger partial charge in [0.15, 0.2) is 5.96 Å². The molecule has 0 aliphatic carbocycles. The van der Waals surface area contributed by atoms with Gasteiger partial charge in [0, 0.05) is 38.7 Å². The van der Waals surface area contributed by atoms with Gasteiger partial charge in [0.05, 0.1) is 18.8 Å². The van der Waals surface area contributed by atoms with E-state index in [1.54, 1.807) is 0 Å². The zero-order valence-electron chi connectivity index (χ0n) is 18.7. The third-order valence-electron chi connectivity index (χ3n) is 6.27. The van der Waals surface area contributed by atoms with Crippen LogP contribution >= 0.6 is 0 Å². The molecule has 2 aliphatic rings. The first-order chi connectivity index (χ1) is 14.0. The summed E-state index contributed by atoms with van der Waals surface area (Å²) < 4.78 is 11.9. The van der Waals surface area contributed by atoms with Crippen molar-refractivity contribution >= 4 is 5.96 Å². The largest absolute Gasteiger partial charge is 0.376 e. The molecule has 0 saturated carbocycles. The maximum absolute atomic E-state index is 6.15. The summed E-state index contributed by atoms with van der Waals surface area (Å²) in [5, 5.41) is 3.61. The van der Waals surface area contributed by atoms with Crippen LogP contribution in [-0.4, -0.2) is 63.0 Å². The number of hydrogen-bond donors (Lipinski definition) is 1. The first-order valence-electron chi connectivity index (χ1n) is 11.2. The number of nitrogens with zero attached hydrogens (tertiary/aromatic N) is 2. The Morgan fingerprint density at radius 1 is 1.17 bits per heavy atom. The molecule has 1 aromatic carbocycles. The van der Waals surface area contributed by atoms with Gasteiger partial charge in [-0.15, -0.1) is 0 Å². The van der Waals surface area contributed by atoms with Gasteiger partial charge >= 0.3 is 0 Å². The molecule has 0 aromatic heterocycles. The van der Waals surface area contributed by atoms with Crippen LogP contribution in [0.4, 0.5) is 0 Å². The van der Waals surface area contributed by atoms with E-state index in [9.17, 15) is 0 Å². The number of benzene rings is 1. The first kappa shape index (κ1) is 22.1. The molecule has 1 atom stereocenters. The monoisotopic (exact) mass is 401 g/mol. The Labute approximate surface area is 176 Å². The molecule has 1 N–H and O–H groups in total. The molecule has 0 radical (unpaired) electrons. The van der Waals surface area contributed by atoms with Gasteiger partial charge in [-0.05, 0) is 44.6 Å². The lowest BCUT2D eigenvalue weighted by molar-refractivity contribution is -0.0721. The highest BCUT2D eigenvalue weighted by molar-refractivity contribution is 5.80. The predicted octanol–water partition coefficient (Wildman–Crippen LogP) is 3.90. The summed E-state index contributed by atoms with van der Waals surface area (Å²) in [5.41, 5.74) is 2.70. The fourth-order valence-electron chi connectivity index (χ4n) is 4.16. The summed E-state index contributed by atoms with van der Waals surface area (Å²) in [6, 6.07) is 8.85. The number of likely N-dealkylation sites (tertiary alicyclic amines) is 1. The van der Waals surface area contributed by atoms with Crippen LogP contribution in [0.15, 0.2) is 29.3 Å². The van der Waals surface area contributed by atoms with Crippen molar-refractivity contribution in [3.8, 4) is 0 Å². The minimum atomic E-state index is 0.0467. The van der Waals surface area contributed by atoms with Crippen molar-refractivity contribution in [2.75, 3.05) is 39.9 Å². The number of rotatable bonds is 6. The van der Waals surface area contributed by atoms with Gasteiger partial charge in [0.25, 0.3) is 0 Å². The Kier molecular flexibility index (Phi) is 7.96. The SMILES string of the molecule is CN=C(NCC(C)(C)c1ccc(C)cc1)N1CCC(OCC2CCCCO2)CC1. The normalized spacial score (nSPS) is 22.0. The standard InChI is InChI=1S/C24H39N3O2/c1-19-8-10-20(11-9-19)24(2,3)18-26-23(25-4)27-14-12-21(13-15-27)29-17-22-7-5-6-16-28-22/h8-11,21-22H,5-7,12-18H2,1-4H3,(H,25,26). The minimum Gasteiger partial charge on any atom is -0.376 e. The Morgan fingerprint density at radius 3 is 2.52 bits per heavy atom. The molecule has 2 saturated heterocycles. The Balaban J connectivity index is 1.43. The van der Waals surface area contributed by atoms with Crippen LogP contribution in [-0.2, 0) is 14.9 Å². The van der Waals surface area contributed by atoms with Crippen LogP contribution in [0.3, 0.4) is 0 Å². The minimum absolute atomic E-state index is 0.0467. The summed E-state index contributed by atoms with van der Waals surface area (Å²) in [6.45, 7) is 11.2. The van der Waals surface area contributed by atoms with Crippen molar-refractivity contribution in [2.45, 2.75) is 70.5 Å². The van der Waals surface area contributed by atoms with Crippen LogP contribution in [0, 0.1) is 6.92 Å². The van der Waals surface area contributed by atoms with Gasteiger partial charge in [0.1, 0.15) is 0 Å². The van der Waals surface area contributed by atoms with Crippen LogP contribution in [0.5, 0.6) is 0 Å². The molecule has 2 heterocycles. The van der Waals surface area contributed by atoms with E-state index >= 15 is 0 Å². The molecule has 1 aromatic rings. The fraction of sp³-hybridized carbons (Fsp3) is 0.708. The highest BCUT2D eigenvalue weighted by atomic mass is 16.5. The highest BCUT2D eigenvalue weighted by Crippen LogP contribution is 2.23. The van der Waals surface area contributed by atoms with Gasteiger partial charge in [-0.3, -0.25) is 4.99 Å². The number of ether oxygens (including phenoxy) is 2. The lowest BCUT2D eigenvalue weighted by Gasteiger charge is -2.36. The number of hydrogen-bond acceptors (Lipinski definition) is 3. The van der Waals surface area contributed by atoms with Gasteiger partial charge in [-0.2, -0.15) is 0 Å². The third-order valence-corrected chi connectivity index (χ3v) is 6.27. The van der Waals surface area contributed by atoms with Crippen molar-refractivity contribution in [3.63, 3.8) is 0 Å². The van der Waals surface area contributed by atoms with E-state index in [1.807, 2.05) is 7.05 Å². The molecule has 5 nitrogen and oxygen atoms in total. The van der Waals surface area contributed by atoms with Crippen LogP contribution in [0.25, 0.3) is 0 Å². The Morgan fingerprint density at radius 2 is 1.90 bits per heavy atom. The third kappa shape index (κ3) is 6.45. The van der Waals surface area contributed by atoms with Crippen molar-refractivity contribution < 1.29 is 9.47 Å². The average molecular weight is 402 g/mol. The number of aryl methyl sites for hydroxylation is 1. The second-order valence-electron chi connectivity index (χ2n) is 9.16. The lowest BCUT2D eigenvalue weighted by Crippen LogP contribution is -2.49. The average Bonchev–Trinajstić information content (AvgIpc) is 2.74. The maximum Gasteiger partial charge on any atom is 0.193 e. The molecule has 3 rings (SSSR count). The van der Waals surface area contributed by atoms with Crippen LogP contribution in [0.1, 0.15) is 57.1 Å². The molecule has 162 valence electrons. The number of guanidine groups is 1. The molecule has 2 fully saturated rings. The van der Waals surface area contributed by atoms with Crippen molar-refractivity contribution in [2.24, 2.45) is 4.99 Å². The van der Waals surface area contributed by atoms with Crippen molar-refractivity contribution in [1.82, 2.24) is 10.2 Å². The summed E-state index contributed by atoms with van der Waals surface area (Å²) in [6.07, 6.45) is 6.37. The summed E-state index contributed by atoms with van der Waals surface area (Å²) in [7, 11) is 1.88. The van der Waals surface area contributed by atoms with Gasteiger partial charge < -0.3 is 19.7 Å². The quantitative estimate of drug-likeness (QED) is 0.580.